The Morgan fingerprint density at radius 1 is 1.29 bits per heavy atom. The molecule has 0 radical (unpaired) electrons. The summed E-state index contributed by atoms with van der Waals surface area (Å²) in [5.41, 5.74) is -0.455. The molecule has 0 aromatic heterocycles. The highest BCUT2D eigenvalue weighted by Gasteiger charge is 2.42. The first-order chi connectivity index (χ1) is 12.6. The third-order valence-corrected chi connectivity index (χ3v) is 5.32. The first-order valence-corrected chi connectivity index (χ1v) is 9.71. The lowest BCUT2D eigenvalue weighted by Gasteiger charge is -2.29. The summed E-state index contributed by atoms with van der Waals surface area (Å²) in [6, 6.07) is -0.0748. The van der Waals surface area contributed by atoms with E-state index in [2.05, 4.69) is 15.6 Å². The van der Waals surface area contributed by atoms with Crippen LogP contribution in [0.25, 0.3) is 0 Å². The molecule has 2 N–H and O–H groups in total. The highest BCUT2D eigenvalue weighted by Crippen LogP contribution is 2.39. The topological polar surface area (TPSA) is 60.0 Å². The second-order valence-corrected chi connectivity index (χ2v) is 7.86. The van der Waals surface area contributed by atoms with Crippen molar-refractivity contribution < 1.29 is 18.0 Å². The number of likely N-dealkylation sites (tertiary alicyclic amines) is 1. The molecule has 2 rings (SSSR count). The van der Waals surface area contributed by atoms with Crippen molar-refractivity contribution in [2.24, 2.45) is 10.4 Å². The van der Waals surface area contributed by atoms with Gasteiger partial charge in [-0.05, 0) is 26.2 Å². The molecule has 1 saturated heterocycles. The maximum absolute atomic E-state index is 12.7. The van der Waals surface area contributed by atoms with E-state index in [0.29, 0.717) is 38.6 Å². The summed E-state index contributed by atoms with van der Waals surface area (Å²) in [6.07, 6.45) is 0.171. The minimum atomic E-state index is -4.17. The zero-order chi connectivity index (χ0) is 20.1. The highest BCUT2D eigenvalue weighted by molar-refractivity contribution is 14.0. The largest absolute Gasteiger partial charge is 0.401 e. The van der Waals surface area contributed by atoms with Gasteiger partial charge in [0.15, 0.2) is 5.96 Å². The van der Waals surface area contributed by atoms with E-state index < -0.39 is 18.1 Å². The number of nitrogens with one attached hydrogen (secondary N) is 2. The Labute approximate surface area is 182 Å². The number of carbonyl (C=O) groups is 1. The van der Waals surface area contributed by atoms with Gasteiger partial charge >= 0.3 is 6.18 Å². The predicted octanol–water partition coefficient (Wildman–Crippen LogP) is 2.44. The fourth-order valence-electron chi connectivity index (χ4n) is 4.06. The number of nitrogens with zero attached hydrogens (tertiary/aromatic N) is 3. The van der Waals surface area contributed by atoms with Crippen LogP contribution in [0, 0.1) is 5.41 Å². The molecule has 1 amide bonds. The molecule has 0 bridgehead atoms. The van der Waals surface area contributed by atoms with E-state index in [4.69, 9.17) is 0 Å². The van der Waals surface area contributed by atoms with E-state index in [0.717, 1.165) is 25.7 Å². The van der Waals surface area contributed by atoms with Crippen molar-refractivity contribution in [3.05, 3.63) is 0 Å². The zero-order valence-corrected chi connectivity index (χ0v) is 19.3. The van der Waals surface area contributed by atoms with Crippen molar-refractivity contribution in [3.8, 4) is 0 Å². The summed E-state index contributed by atoms with van der Waals surface area (Å²) in [7, 11) is 3.53. The molecule has 1 saturated carbocycles. The molecule has 1 atom stereocenters. The van der Waals surface area contributed by atoms with Gasteiger partial charge in [0.25, 0.3) is 0 Å². The predicted molar refractivity (Wildman–Crippen MR) is 115 cm³/mol. The molecule has 2 fully saturated rings. The number of hydrogen-bond acceptors (Lipinski definition) is 3. The molecule has 28 heavy (non-hydrogen) atoms. The van der Waals surface area contributed by atoms with Gasteiger partial charge < -0.3 is 15.5 Å². The van der Waals surface area contributed by atoms with Crippen molar-refractivity contribution in [1.29, 1.82) is 0 Å². The van der Waals surface area contributed by atoms with Gasteiger partial charge in [-0.15, -0.1) is 24.0 Å². The van der Waals surface area contributed by atoms with E-state index >= 15 is 0 Å². The molecular weight excluding hydrogens is 486 g/mol. The van der Waals surface area contributed by atoms with Crippen LogP contribution in [0.5, 0.6) is 0 Å². The molecule has 0 aromatic carbocycles. The highest BCUT2D eigenvalue weighted by atomic mass is 127. The van der Waals surface area contributed by atoms with Gasteiger partial charge in [0.1, 0.15) is 0 Å². The average Bonchev–Trinajstić information content (AvgIpc) is 3.21. The summed E-state index contributed by atoms with van der Waals surface area (Å²) in [5, 5.41) is 6.40. The fraction of sp³-hybridized carbons (Fsp3) is 0.889. The molecule has 1 aliphatic carbocycles. The second kappa shape index (κ2) is 10.8. The lowest BCUT2D eigenvalue weighted by Crippen LogP contribution is -2.46. The lowest BCUT2D eigenvalue weighted by atomic mass is 9.85. The minimum absolute atomic E-state index is 0. The van der Waals surface area contributed by atoms with Gasteiger partial charge in [0.2, 0.25) is 5.91 Å². The third kappa shape index (κ3) is 7.23. The first-order valence-electron chi connectivity index (χ1n) is 9.71. The van der Waals surface area contributed by atoms with Crippen LogP contribution in [0.4, 0.5) is 13.2 Å². The molecule has 6 nitrogen and oxygen atoms in total. The average molecular weight is 519 g/mol. The number of hydrogen-bond donors (Lipinski definition) is 2. The van der Waals surface area contributed by atoms with E-state index in [9.17, 15) is 18.0 Å². The summed E-state index contributed by atoms with van der Waals surface area (Å²) in [5.74, 6) is 0.686. The number of halogens is 4. The molecule has 0 aromatic rings. The summed E-state index contributed by atoms with van der Waals surface area (Å²) < 4.78 is 37.7. The van der Waals surface area contributed by atoms with Crippen LogP contribution in [0.3, 0.4) is 0 Å². The second-order valence-electron chi connectivity index (χ2n) is 7.86. The van der Waals surface area contributed by atoms with E-state index in [-0.39, 0.29) is 35.9 Å². The Hall–Kier alpha value is -0.780. The normalized spacial score (nSPS) is 22.6. The SMILES string of the molecule is CCNC(=NCC1(C(=O)N(C)C)CCCC1)NC1CCN(CC(F)(F)F)C1.I. The maximum atomic E-state index is 12.7. The summed E-state index contributed by atoms with van der Waals surface area (Å²) in [4.78, 5) is 20.3. The number of alkyl halides is 3. The van der Waals surface area contributed by atoms with Crippen LogP contribution in [0.1, 0.15) is 39.0 Å². The fourth-order valence-corrected chi connectivity index (χ4v) is 4.06. The quantitative estimate of drug-likeness (QED) is 0.322. The molecule has 1 unspecified atom stereocenters. The number of amides is 1. The Kier molecular flexibility index (Phi) is 9.78. The summed E-state index contributed by atoms with van der Waals surface area (Å²) >= 11 is 0. The van der Waals surface area contributed by atoms with Gasteiger partial charge in [-0.2, -0.15) is 13.2 Å². The van der Waals surface area contributed by atoms with Crippen molar-refractivity contribution in [3.63, 3.8) is 0 Å². The minimum Gasteiger partial charge on any atom is -0.357 e. The van der Waals surface area contributed by atoms with Crippen molar-refractivity contribution in [1.82, 2.24) is 20.4 Å². The first kappa shape index (κ1) is 25.3. The van der Waals surface area contributed by atoms with Gasteiger partial charge in [0, 0.05) is 39.8 Å². The Bertz CT molecular complexity index is 536. The Morgan fingerprint density at radius 2 is 1.93 bits per heavy atom. The molecule has 10 heteroatoms. The molecule has 0 spiro atoms. The van der Waals surface area contributed by atoms with E-state index in [1.54, 1.807) is 19.0 Å². The smallest absolute Gasteiger partial charge is 0.357 e. The van der Waals surface area contributed by atoms with Crippen molar-refractivity contribution >= 4 is 35.8 Å². The molecule has 2 aliphatic rings. The number of rotatable bonds is 6. The summed E-state index contributed by atoms with van der Waals surface area (Å²) in [6.45, 7) is 2.88. The Morgan fingerprint density at radius 3 is 2.46 bits per heavy atom. The van der Waals surface area contributed by atoms with Gasteiger partial charge in [-0.3, -0.25) is 14.7 Å². The van der Waals surface area contributed by atoms with Gasteiger partial charge in [-0.25, -0.2) is 0 Å². The molecule has 1 aliphatic heterocycles. The van der Waals surface area contributed by atoms with E-state index in [1.807, 2.05) is 6.92 Å². The molecule has 1 heterocycles. The van der Waals surface area contributed by atoms with Crippen molar-refractivity contribution in [2.75, 3.05) is 46.8 Å². The van der Waals surface area contributed by atoms with E-state index in [1.165, 1.54) is 4.90 Å². The van der Waals surface area contributed by atoms with Crippen molar-refractivity contribution in [2.45, 2.75) is 51.2 Å². The van der Waals surface area contributed by atoms with Crippen LogP contribution < -0.4 is 10.6 Å². The third-order valence-electron chi connectivity index (χ3n) is 5.32. The number of aliphatic imine (C=N–C) groups is 1. The van der Waals surface area contributed by atoms with Crippen LogP contribution >= 0.6 is 24.0 Å². The molecular formula is C18H33F3IN5O. The molecule has 164 valence electrons. The Balaban J connectivity index is 0.00000392. The van der Waals surface area contributed by atoms with Crippen LogP contribution in [-0.2, 0) is 4.79 Å². The zero-order valence-electron chi connectivity index (χ0n) is 16.9. The monoisotopic (exact) mass is 519 g/mol. The van der Waals surface area contributed by atoms with Crippen LogP contribution in [0.2, 0.25) is 0 Å². The standard InChI is InChI=1S/C18H32F3N5O.HI/c1-4-22-16(24-14-7-10-26(11-14)13-18(19,20)21)23-12-17(8-5-6-9-17)15(27)25(2)3;/h14H,4-13H2,1-3H3,(H2,22,23,24);1H. The number of guanidine groups is 1. The van der Waals surface area contributed by atoms with Crippen LogP contribution in [-0.4, -0.2) is 80.7 Å². The van der Waals surface area contributed by atoms with Gasteiger partial charge in [0.05, 0.1) is 18.5 Å². The maximum Gasteiger partial charge on any atom is 0.401 e. The van der Waals surface area contributed by atoms with Crippen LogP contribution in [0.15, 0.2) is 4.99 Å². The lowest BCUT2D eigenvalue weighted by molar-refractivity contribution is -0.143. The van der Waals surface area contributed by atoms with Gasteiger partial charge in [-0.1, -0.05) is 12.8 Å². The number of carbonyl (C=O) groups excluding carboxylic acids is 1.